The highest BCUT2D eigenvalue weighted by atomic mass is 16.2. The number of hydrogen-bond acceptors (Lipinski definition) is 3. The van der Waals surface area contributed by atoms with E-state index < -0.39 is 0 Å². The second kappa shape index (κ2) is 5.58. The van der Waals surface area contributed by atoms with Crippen molar-refractivity contribution in [3.8, 4) is 0 Å². The summed E-state index contributed by atoms with van der Waals surface area (Å²) >= 11 is 0. The van der Waals surface area contributed by atoms with Crippen molar-refractivity contribution >= 4 is 22.5 Å². The molecule has 3 aromatic rings. The van der Waals surface area contributed by atoms with Gasteiger partial charge >= 0.3 is 0 Å². The van der Waals surface area contributed by atoms with Crippen LogP contribution in [0.4, 0.5) is 0 Å². The maximum Gasteiger partial charge on any atom is 0.274 e. The second-order valence-corrected chi connectivity index (χ2v) is 6.82. The molecule has 1 saturated carbocycles. The normalized spacial score (nSPS) is 17.8. The van der Waals surface area contributed by atoms with Crippen LogP contribution in [0.2, 0.25) is 0 Å². The Bertz CT molecular complexity index is 979. The zero-order chi connectivity index (χ0) is 16.8. The van der Waals surface area contributed by atoms with Crippen molar-refractivity contribution in [1.82, 2.24) is 25.1 Å². The Morgan fingerprint density at radius 1 is 1.32 bits per heavy atom. The molecule has 126 valence electrons. The van der Waals surface area contributed by atoms with E-state index in [1.165, 1.54) is 24.0 Å². The highest BCUT2D eigenvalue weighted by Crippen LogP contribution is 2.39. The standard InChI is InChI=1S/C19H19N5O/c25-19(17-10-16(22-23-17)13-3-4-13)24-8-5-12(6-9-24)15-11-21-18-14(15)2-1-7-20-18/h1-2,5,7,10-11,13H,3-4,6,8-9H2,(H,20,21)(H,22,23). The maximum atomic E-state index is 12.7. The van der Waals surface area contributed by atoms with Crippen molar-refractivity contribution < 1.29 is 4.79 Å². The molecule has 0 unspecified atom stereocenters. The van der Waals surface area contributed by atoms with Crippen molar-refractivity contribution in [2.75, 3.05) is 13.1 Å². The fourth-order valence-electron chi connectivity index (χ4n) is 3.53. The fraction of sp³-hybridized carbons (Fsp3) is 0.316. The van der Waals surface area contributed by atoms with Crippen molar-refractivity contribution in [2.24, 2.45) is 0 Å². The number of aromatic nitrogens is 4. The summed E-state index contributed by atoms with van der Waals surface area (Å²) in [6, 6.07) is 5.95. The molecule has 4 heterocycles. The molecule has 1 aliphatic carbocycles. The summed E-state index contributed by atoms with van der Waals surface area (Å²) in [6.45, 7) is 1.33. The van der Waals surface area contributed by atoms with Crippen LogP contribution < -0.4 is 0 Å². The number of pyridine rings is 1. The molecular weight excluding hydrogens is 314 g/mol. The Hall–Kier alpha value is -2.89. The van der Waals surface area contributed by atoms with E-state index in [2.05, 4.69) is 32.3 Å². The van der Waals surface area contributed by atoms with Crippen LogP contribution in [0.15, 0.2) is 36.7 Å². The molecule has 3 aromatic heterocycles. The van der Waals surface area contributed by atoms with Crippen LogP contribution in [-0.2, 0) is 0 Å². The van der Waals surface area contributed by atoms with Gasteiger partial charge in [-0.15, -0.1) is 0 Å². The molecular formula is C19H19N5O. The predicted octanol–water partition coefficient (Wildman–Crippen LogP) is 3.09. The summed E-state index contributed by atoms with van der Waals surface area (Å²) in [7, 11) is 0. The van der Waals surface area contributed by atoms with Crippen LogP contribution in [0, 0.1) is 0 Å². The number of amides is 1. The molecule has 0 atom stereocenters. The summed E-state index contributed by atoms with van der Waals surface area (Å²) < 4.78 is 0. The van der Waals surface area contributed by atoms with E-state index in [1.807, 2.05) is 23.2 Å². The molecule has 1 amide bonds. The summed E-state index contributed by atoms with van der Waals surface area (Å²) in [6.07, 6.45) is 9.18. The van der Waals surface area contributed by atoms with E-state index in [-0.39, 0.29) is 5.91 Å². The maximum absolute atomic E-state index is 12.7. The first-order valence-corrected chi connectivity index (χ1v) is 8.75. The lowest BCUT2D eigenvalue weighted by molar-refractivity contribution is 0.0767. The fourth-order valence-corrected chi connectivity index (χ4v) is 3.53. The molecule has 1 aliphatic heterocycles. The summed E-state index contributed by atoms with van der Waals surface area (Å²) in [5.41, 5.74) is 4.99. The lowest BCUT2D eigenvalue weighted by atomic mass is 9.99. The van der Waals surface area contributed by atoms with Crippen LogP contribution in [0.1, 0.15) is 46.9 Å². The first-order valence-electron chi connectivity index (χ1n) is 8.75. The van der Waals surface area contributed by atoms with E-state index in [0.29, 0.717) is 24.7 Å². The van der Waals surface area contributed by atoms with Crippen LogP contribution in [0.25, 0.3) is 16.6 Å². The SMILES string of the molecule is O=C(c1cc(C2CC2)[nH]n1)N1CC=C(c2c[nH]c3ncccc23)CC1. The molecule has 6 heteroatoms. The smallest absolute Gasteiger partial charge is 0.274 e. The van der Waals surface area contributed by atoms with Crippen molar-refractivity contribution in [3.63, 3.8) is 0 Å². The lowest BCUT2D eigenvalue weighted by Gasteiger charge is -2.25. The number of hydrogen-bond donors (Lipinski definition) is 2. The van der Waals surface area contributed by atoms with Crippen molar-refractivity contribution in [3.05, 3.63) is 53.6 Å². The first kappa shape index (κ1) is 14.5. The minimum absolute atomic E-state index is 0.0130. The number of carbonyl (C=O) groups is 1. The Morgan fingerprint density at radius 2 is 2.24 bits per heavy atom. The van der Waals surface area contributed by atoms with Gasteiger partial charge in [0.1, 0.15) is 11.3 Å². The molecule has 0 saturated heterocycles. The van der Waals surface area contributed by atoms with Gasteiger partial charge in [-0.2, -0.15) is 5.10 Å². The number of H-pyrrole nitrogens is 2. The third kappa shape index (κ3) is 2.54. The number of aromatic amines is 2. The number of nitrogens with zero attached hydrogens (tertiary/aromatic N) is 3. The third-order valence-electron chi connectivity index (χ3n) is 5.13. The minimum atomic E-state index is 0.0130. The van der Waals surface area contributed by atoms with Gasteiger partial charge in [-0.1, -0.05) is 6.08 Å². The van der Waals surface area contributed by atoms with E-state index in [0.717, 1.165) is 23.1 Å². The molecule has 1 fully saturated rings. The molecule has 2 aliphatic rings. The second-order valence-electron chi connectivity index (χ2n) is 6.82. The Balaban J connectivity index is 1.34. The van der Waals surface area contributed by atoms with Gasteiger partial charge in [0, 0.05) is 48.0 Å². The van der Waals surface area contributed by atoms with Gasteiger partial charge < -0.3 is 9.88 Å². The molecule has 6 nitrogen and oxygen atoms in total. The van der Waals surface area contributed by atoms with E-state index >= 15 is 0 Å². The highest BCUT2D eigenvalue weighted by molar-refractivity contribution is 5.94. The molecule has 5 rings (SSSR count). The molecule has 25 heavy (non-hydrogen) atoms. The first-order chi connectivity index (χ1) is 12.3. The van der Waals surface area contributed by atoms with E-state index in [4.69, 9.17) is 0 Å². The van der Waals surface area contributed by atoms with Crippen molar-refractivity contribution in [1.29, 1.82) is 0 Å². The van der Waals surface area contributed by atoms with Crippen LogP contribution in [0.5, 0.6) is 0 Å². The largest absolute Gasteiger partial charge is 0.346 e. The summed E-state index contributed by atoms with van der Waals surface area (Å²) in [4.78, 5) is 22.1. The number of rotatable bonds is 3. The topological polar surface area (TPSA) is 77.7 Å². The van der Waals surface area contributed by atoms with Crippen LogP contribution in [0.3, 0.4) is 0 Å². The Kier molecular flexibility index (Phi) is 3.23. The summed E-state index contributed by atoms with van der Waals surface area (Å²) in [5, 5.41) is 8.36. The van der Waals surface area contributed by atoms with Gasteiger partial charge in [-0.25, -0.2) is 4.98 Å². The van der Waals surface area contributed by atoms with Crippen LogP contribution >= 0.6 is 0 Å². The third-order valence-corrected chi connectivity index (χ3v) is 5.13. The molecule has 2 N–H and O–H groups in total. The van der Waals surface area contributed by atoms with Gasteiger partial charge in [-0.3, -0.25) is 9.89 Å². The monoisotopic (exact) mass is 333 g/mol. The number of fused-ring (bicyclic) bond motifs is 1. The van der Waals surface area contributed by atoms with Crippen molar-refractivity contribution in [2.45, 2.75) is 25.2 Å². The average Bonchev–Trinajstić information content (AvgIpc) is 3.23. The molecule has 0 aromatic carbocycles. The Labute approximate surface area is 145 Å². The zero-order valence-corrected chi connectivity index (χ0v) is 13.8. The quantitative estimate of drug-likeness (QED) is 0.773. The molecule has 0 radical (unpaired) electrons. The van der Waals surface area contributed by atoms with Gasteiger partial charge in [-0.05, 0) is 43.0 Å². The minimum Gasteiger partial charge on any atom is -0.346 e. The molecule has 0 bridgehead atoms. The van der Waals surface area contributed by atoms with Gasteiger partial charge in [0.05, 0.1) is 0 Å². The van der Waals surface area contributed by atoms with Gasteiger partial charge in [0.15, 0.2) is 0 Å². The molecule has 0 spiro atoms. The van der Waals surface area contributed by atoms with E-state index in [9.17, 15) is 4.79 Å². The van der Waals surface area contributed by atoms with Gasteiger partial charge in [0.25, 0.3) is 5.91 Å². The van der Waals surface area contributed by atoms with Gasteiger partial charge in [0.2, 0.25) is 0 Å². The zero-order valence-electron chi connectivity index (χ0n) is 13.8. The highest BCUT2D eigenvalue weighted by Gasteiger charge is 2.28. The van der Waals surface area contributed by atoms with E-state index in [1.54, 1.807) is 6.20 Å². The average molecular weight is 333 g/mol. The summed E-state index contributed by atoms with van der Waals surface area (Å²) in [5.74, 6) is 0.594. The number of carbonyl (C=O) groups excluding carboxylic acids is 1. The number of nitrogens with one attached hydrogen (secondary N) is 2. The van der Waals surface area contributed by atoms with Crippen LogP contribution in [-0.4, -0.2) is 44.1 Å². The Morgan fingerprint density at radius 3 is 3.04 bits per heavy atom. The lowest BCUT2D eigenvalue weighted by Crippen LogP contribution is -2.34. The predicted molar refractivity (Wildman–Crippen MR) is 95.2 cm³/mol.